The average molecular weight is 308 g/mol. The molecule has 2 aliphatic rings. The van der Waals surface area contributed by atoms with Crippen LogP contribution in [0.4, 0.5) is 5.69 Å². The maximum atomic E-state index is 12.0. The van der Waals surface area contributed by atoms with Gasteiger partial charge in [0, 0.05) is 24.2 Å². The van der Waals surface area contributed by atoms with E-state index < -0.39 is 9.84 Å². The van der Waals surface area contributed by atoms with Crippen molar-refractivity contribution in [3.05, 3.63) is 29.2 Å². The van der Waals surface area contributed by atoms with E-state index in [-0.39, 0.29) is 17.3 Å². The lowest BCUT2D eigenvalue weighted by Gasteiger charge is -2.25. The standard InChI is InChI=1S/C14H16N2O4S/c17-14(10-16-4-6-20-7-5-16)15-12-2-1-11-3-8-21(18,19)13(11)9-12/h1-3,8-9H,4-7,10H2,(H,15,17). The molecule has 21 heavy (non-hydrogen) atoms. The molecule has 1 aromatic rings. The number of carbonyl (C=O) groups excluding carboxylic acids is 1. The maximum Gasteiger partial charge on any atom is 0.238 e. The van der Waals surface area contributed by atoms with E-state index in [4.69, 9.17) is 4.74 Å². The number of fused-ring (bicyclic) bond motifs is 1. The van der Waals surface area contributed by atoms with E-state index in [0.717, 1.165) is 13.1 Å². The topological polar surface area (TPSA) is 75.7 Å². The number of ether oxygens (including phenoxy) is 1. The Kier molecular flexibility index (Phi) is 3.79. The third-order valence-corrected chi connectivity index (χ3v) is 4.96. The van der Waals surface area contributed by atoms with Crippen LogP contribution in [0.1, 0.15) is 5.56 Å². The van der Waals surface area contributed by atoms with Gasteiger partial charge in [-0.1, -0.05) is 6.07 Å². The van der Waals surface area contributed by atoms with Gasteiger partial charge in [0.2, 0.25) is 15.7 Å². The molecule has 0 aromatic heterocycles. The Morgan fingerprint density at radius 3 is 2.81 bits per heavy atom. The first-order chi connectivity index (χ1) is 10.0. The number of nitrogens with zero attached hydrogens (tertiary/aromatic N) is 1. The van der Waals surface area contributed by atoms with Crippen LogP contribution < -0.4 is 5.32 Å². The van der Waals surface area contributed by atoms with Crippen LogP contribution in [0.15, 0.2) is 28.5 Å². The molecule has 112 valence electrons. The van der Waals surface area contributed by atoms with E-state index in [9.17, 15) is 13.2 Å². The third kappa shape index (κ3) is 3.15. The van der Waals surface area contributed by atoms with Gasteiger partial charge in [-0.25, -0.2) is 8.42 Å². The molecule has 7 heteroatoms. The number of hydrogen-bond acceptors (Lipinski definition) is 5. The van der Waals surface area contributed by atoms with Gasteiger partial charge in [-0.05, 0) is 23.8 Å². The largest absolute Gasteiger partial charge is 0.379 e. The van der Waals surface area contributed by atoms with Crippen LogP contribution in [-0.2, 0) is 19.4 Å². The second kappa shape index (κ2) is 5.59. The molecule has 1 N–H and O–H groups in total. The second-order valence-corrected chi connectivity index (χ2v) is 6.84. The zero-order valence-electron chi connectivity index (χ0n) is 11.4. The summed E-state index contributed by atoms with van der Waals surface area (Å²) in [4.78, 5) is 14.2. The van der Waals surface area contributed by atoms with Crippen LogP contribution in [0.25, 0.3) is 6.08 Å². The Balaban J connectivity index is 1.67. The molecule has 3 rings (SSSR count). The maximum absolute atomic E-state index is 12.0. The highest BCUT2D eigenvalue weighted by Crippen LogP contribution is 2.29. The molecule has 0 radical (unpaired) electrons. The highest BCUT2D eigenvalue weighted by atomic mass is 32.2. The summed E-state index contributed by atoms with van der Waals surface area (Å²) < 4.78 is 28.8. The molecule has 2 heterocycles. The van der Waals surface area contributed by atoms with Crippen molar-refractivity contribution in [2.24, 2.45) is 0 Å². The highest BCUT2D eigenvalue weighted by Gasteiger charge is 2.21. The summed E-state index contributed by atoms with van der Waals surface area (Å²) >= 11 is 0. The monoisotopic (exact) mass is 308 g/mol. The number of anilines is 1. The lowest BCUT2D eigenvalue weighted by Crippen LogP contribution is -2.41. The highest BCUT2D eigenvalue weighted by molar-refractivity contribution is 7.94. The molecule has 1 saturated heterocycles. The first-order valence-corrected chi connectivity index (χ1v) is 8.26. The molecule has 0 saturated carbocycles. The van der Waals surface area contributed by atoms with Gasteiger partial charge < -0.3 is 10.1 Å². The number of benzene rings is 1. The number of rotatable bonds is 3. The molecular weight excluding hydrogens is 292 g/mol. The Labute approximate surface area is 123 Å². The Morgan fingerprint density at radius 1 is 1.29 bits per heavy atom. The zero-order chi connectivity index (χ0) is 14.9. The number of carbonyl (C=O) groups is 1. The van der Waals surface area contributed by atoms with Crippen molar-refractivity contribution >= 4 is 27.5 Å². The van der Waals surface area contributed by atoms with Crippen LogP contribution in [0, 0.1) is 0 Å². The normalized spacial score (nSPS) is 20.2. The molecule has 6 nitrogen and oxygen atoms in total. The number of sulfone groups is 1. The van der Waals surface area contributed by atoms with Crippen molar-refractivity contribution in [1.29, 1.82) is 0 Å². The van der Waals surface area contributed by atoms with Crippen LogP contribution in [0.3, 0.4) is 0 Å². The smallest absolute Gasteiger partial charge is 0.238 e. The van der Waals surface area contributed by atoms with Gasteiger partial charge in [0.05, 0.1) is 24.7 Å². The van der Waals surface area contributed by atoms with E-state index >= 15 is 0 Å². The molecule has 0 atom stereocenters. The third-order valence-electron chi connectivity index (χ3n) is 3.50. The van der Waals surface area contributed by atoms with Crippen molar-refractivity contribution in [3.8, 4) is 0 Å². The molecule has 1 fully saturated rings. The van der Waals surface area contributed by atoms with Crippen LogP contribution in [-0.4, -0.2) is 52.1 Å². The molecular formula is C14H16N2O4S. The first kappa shape index (κ1) is 14.2. The summed E-state index contributed by atoms with van der Waals surface area (Å²) in [5, 5.41) is 3.92. The Hall–Kier alpha value is -1.70. The summed E-state index contributed by atoms with van der Waals surface area (Å²) in [7, 11) is -3.35. The lowest BCUT2D eigenvalue weighted by atomic mass is 10.2. The van der Waals surface area contributed by atoms with Crippen molar-refractivity contribution in [3.63, 3.8) is 0 Å². The predicted octanol–water partition coefficient (Wildman–Crippen LogP) is 0.715. The van der Waals surface area contributed by atoms with Gasteiger partial charge in [0.25, 0.3) is 0 Å². The fraction of sp³-hybridized carbons (Fsp3) is 0.357. The fourth-order valence-corrected chi connectivity index (χ4v) is 3.62. The summed E-state index contributed by atoms with van der Waals surface area (Å²) in [5.41, 5.74) is 1.15. The minimum absolute atomic E-state index is 0.153. The average Bonchev–Trinajstić information content (AvgIpc) is 2.75. The number of morpholine rings is 1. The zero-order valence-corrected chi connectivity index (χ0v) is 12.2. The van der Waals surface area contributed by atoms with Gasteiger partial charge in [-0.3, -0.25) is 9.69 Å². The number of amides is 1. The summed E-state index contributed by atoms with van der Waals surface area (Å²) in [6.45, 7) is 3.02. The molecule has 0 unspecified atom stereocenters. The van der Waals surface area contributed by atoms with Crippen molar-refractivity contribution < 1.29 is 17.9 Å². The van der Waals surface area contributed by atoms with Crippen LogP contribution in [0.5, 0.6) is 0 Å². The molecule has 0 spiro atoms. The molecule has 0 aliphatic carbocycles. The summed E-state index contributed by atoms with van der Waals surface area (Å²) in [5.74, 6) is -0.153. The van der Waals surface area contributed by atoms with Gasteiger partial charge in [-0.2, -0.15) is 0 Å². The number of hydrogen-bond donors (Lipinski definition) is 1. The summed E-state index contributed by atoms with van der Waals surface area (Å²) in [6.07, 6.45) is 1.56. The molecule has 0 bridgehead atoms. The van der Waals surface area contributed by atoms with Crippen LogP contribution >= 0.6 is 0 Å². The summed E-state index contributed by atoms with van der Waals surface area (Å²) in [6, 6.07) is 4.91. The Morgan fingerprint density at radius 2 is 2.05 bits per heavy atom. The minimum atomic E-state index is -3.35. The van der Waals surface area contributed by atoms with Gasteiger partial charge in [0.15, 0.2) is 0 Å². The van der Waals surface area contributed by atoms with E-state index in [1.807, 2.05) is 4.90 Å². The SMILES string of the molecule is O=C(CN1CCOCC1)Nc1ccc2c(c1)S(=O)(=O)C=C2. The predicted molar refractivity (Wildman–Crippen MR) is 78.6 cm³/mol. The van der Waals surface area contributed by atoms with E-state index in [1.54, 1.807) is 18.2 Å². The van der Waals surface area contributed by atoms with Gasteiger partial charge in [0.1, 0.15) is 0 Å². The minimum Gasteiger partial charge on any atom is -0.379 e. The second-order valence-electron chi connectivity index (χ2n) is 5.04. The quantitative estimate of drug-likeness (QED) is 0.890. The van der Waals surface area contributed by atoms with Crippen molar-refractivity contribution in [2.75, 3.05) is 38.2 Å². The van der Waals surface area contributed by atoms with E-state index in [0.29, 0.717) is 24.5 Å². The van der Waals surface area contributed by atoms with Gasteiger partial charge in [-0.15, -0.1) is 0 Å². The number of nitrogens with one attached hydrogen (secondary N) is 1. The van der Waals surface area contributed by atoms with E-state index in [2.05, 4.69) is 5.32 Å². The van der Waals surface area contributed by atoms with Crippen LogP contribution in [0.2, 0.25) is 0 Å². The molecule has 1 aromatic carbocycles. The fourth-order valence-electron chi connectivity index (χ4n) is 2.40. The molecule has 1 amide bonds. The van der Waals surface area contributed by atoms with Gasteiger partial charge >= 0.3 is 0 Å². The Bertz CT molecular complexity index is 691. The molecule has 2 aliphatic heterocycles. The van der Waals surface area contributed by atoms with Crippen molar-refractivity contribution in [1.82, 2.24) is 4.90 Å². The first-order valence-electron chi connectivity index (χ1n) is 6.72. The lowest BCUT2D eigenvalue weighted by molar-refractivity contribution is -0.118. The van der Waals surface area contributed by atoms with E-state index in [1.165, 1.54) is 11.5 Å². The van der Waals surface area contributed by atoms with Crippen molar-refractivity contribution in [2.45, 2.75) is 4.90 Å².